The highest BCUT2D eigenvalue weighted by Crippen LogP contribution is 2.30. The third-order valence-electron chi connectivity index (χ3n) is 3.96. The third kappa shape index (κ3) is 5.93. The molecule has 2 N–H and O–H groups in total. The van der Waals surface area contributed by atoms with Crippen LogP contribution in [-0.4, -0.2) is 55.8 Å². The Kier molecular flexibility index (Phi) is 6.87. The van der Waals surface area contributed by atoms with Gasteiger partial charge in [0.05, 0.1) is 18.4 Å². The van der Waals surface area contributed by atoms with Crippen molar-refractivity contribution in [3.05, 3.63) is 60.7 Å². The topological polar surface area (TPSA) is 128 Å². The zero-order chi connectivity index (χ0) is 23.1. The summed E-state index contributed by atoms with van der Waals surface area (Å²) in [7, 11) is 0. The number of carboxylic acid groups (broad SMARTS) is 1. The van der Waals surface area contributed by atoms with Crippen molar-refractivity contribution in [3.8, 4) is 17.2 Å². The summed E-state index contributed by atoms with van der Waals surface area (Å²) in [6, 6.07) is 10.9. The van der Waals surface area contributed by atoms with Crippen LogP contribution >= 0.6 is 0 Å². The molecule has 3 heterocycles. The molecule has 0 saturated heterocycles. The smallest absolute Gasteiger partial charge is 0.485 e. The number of para-hydroxylation sites is 2. The normalized spacial score (nSPS) is 14.7. The van der Waals surface area contributed by atoms with Gasteiger partial charge in [-0.15, -0.1) is 5.10 Å². The van der Waals surface area contributed by atoms with E-state index in [1.165, 1.54) is 0 Å². The summed E-state index contributed by atoms with van der Waals surface area (Å²) < 4.78 is 44.6. The van der Waals surface area contributed by atoms with E-state index < -0.39 is 18.2 Å². The molecule has 1 unspecified atom stereocenters. The molecule has 1 aliphatic rings. The van der Waals surface area contributed by atoms with Crippen LogP contribution in [0.1, 0.15) is 5.69 Å². The van der Waals surface area contributed by atoms with Crippen molar-refractivity contribution in [1.82, 2.24) is 25.3 Å². The molecule has 0 fully saturated rings. The number of pyridine rings is 1. The first-order chi connectivity index (χ1) is 15.2. The lowest BCUT2D eigenvalue weighted by molar-refractivity contribution is -0.192. The summed E-state index contributed by atoms with van der Waals surface area (Å²) in [4.78, 5) is 25.1. The van der Waals surface area contributed by atoms with Crippen molar-refractivity contribution in [3.63, 3.8) is 0 Å². The van der Waals surface area contributed by atoms with E-state index in [1.54, 1.807) is 35.4 Å². The summed E-state index contributed by atoms with van der Waals surface area (Å²) >= 11 is 0. The highest BCUT2D eigenvalue weighted by Gasteiger charge is 2.38. The summed E-state index contributed by atoms with van der Waals surface area (Å²) in [6.07, 6.45) is -0.665. The molecule has 0 radical (unpaired) electrons. The number of nitrogens with one attached hydrogen (secondary N) is 1. The molecular weight excluding hydrogens is 435 g/mol. The molecule has 0 spiro atoms. The quantitative estimate of drug-likeness (QED) is 0.614. The average molecular weight is 451 g/mol. The molecule has 168 valence electrons. The van der Waals surface area contributed by atoms with Gasteiger partial charge in [-0.2, -0.15) is 13.2 Å². The molecule has 10 nitrogen and oxygen atoms in total. The van der Waals surface area contributed by atoms with Gasteiger partial charge in [-0.05, 0) is 24.3 Å². The first-order valence-corrected chi connectivity index (χ1v) is 9.02. The molecule has 1 aromatic carbocycles. The van der Waals surface area contributed by atoms with Gasteiger partial charge in [-0.1, -0.05) is 17.3 Å². The number of carboxylic acids is 1. The second-order valence-corrected chi connectivity index (χ2v) is 6.24. The van der Waals surface area contributed by atoms with Crippen LogP contribution in [0.25, 0.3) is 5.69 Å². The van der Waals surface area contributed by atoms with Crippen molar-refractivity contribution in [1.29, 1.82) is 0 Å². The van der Waals surface area contributed by atoms with E-state index in [1.807, 2.05) is 24.3 Å². The predicted molar refractivity (Wildman–Crippen MR) is 101 cm³/mol. The van der Waals surface area contributed by atoms with Gasteiger partial charge in [-0.3, -0.25) is 9.78 Å². The first kappa shape index (κ1) is 22.5. The number of amides is 1. The fourth-order valence-corrected chi connectivity index (χ4v) is 2.44. The van der Waals surface area contributed by atoms with Gasteiger partial charge in [0.25, 0.3) is 5.91 Å². The number of nitrogens with zero attached hydrogens (tertiary/aromatic N) is 4. The fraction of sp³-hybridized carbons (Fsp3) is 0.211. The second-order valence-electron chi connectivity index (χ2n) is 6.24. The first-order valence-electron chi connectivity index (χ1n) is 9.02. The van der Waals surface area contributed by atoms with Crippen LogP contribution in [0.2, 0.25) is 0 Å². The average Bonchev–Trinajstić information content (AvgIpc) is 3.26. The van der Waals surface area contributed by atoms with Gasteiger partial charge < -0.3 is 19.9 Å². The number of ether oxygens (including phenoxy) is 2. The molecule has 1 atom stereocenters. The zero-order valence-corrected chi connectivity index (χ0v) is 16.2. The summed E-state index contributed by atoms with van der Waals surface area (Å²) in [5.41, 5.74) is 1.49. The minimum Gasteiger partial charge on any atom is -0.485 e. The highest BCUT2D eigenvalue weighted by atomic mass is 19.4. The van der Waals surface area contributed by atoms with Crippen LogP contribution in [0, 0.1) is 0 Å². The lowest BCUT2D eigenvalue weighted by atomic mass is 10.2. The Morgan fingerprint density at radius 3 is 2.47 bits per heavy atom. The Morgan fingerprint density at radius 1 is 1.16 bits per heavy atom. The molecule has 1 aliphatic heterocycles. The van der Waals surface area contributed by atoms with Crippen molar-refractivity contribution >= 4 is 11.9 Å². The standard InChI is InChI=1S/C17H15N5O3.C2HF3O2/c23-17(16-11-24-14-3-1-2-4-15(14)25-16)19-9-12-10-22(21-20-12)13-5-7-18-8-6-13;3-2(4,5)1(6)7/h1-8,10,16H,9,11H2,(H,19,23);(H,6,7). The summed E-state index contributed by atoms with van der Waals surface area (Å²) in [5, 5.41) is 18.0. The number of hydrogen-bond donors (Lipinski definition) is 2. The number of halogens is 3. The van der Waals surface area contributed by atoms with Crippen molar-refractivity contribution in [2.45, 2.75) is 18.8 Å². The number of carbonyl (C=O) groups excluding carboxylic acids is 1. The number of benzene rings is 1. The second kappa shape index (κ2) is 9.76. The maximum absolute atomic E-state index is 12.3. The number of aromatic nitrogens is 4. The van der Waals surface area contributed by atoms with Gasteiger partial charge in [0.1, 0.15) is 12.3 Å². The Labute approximate surface area is 178 Å². The fourth-order valence-electron chi connectivity index (χ4n) is 2.44. The van der Waals surface area contributed by atoms with Crippen molar-refractivity contribution in [2.24, 2.45) is 0 Å². The van der Waals surface area contributed by atoms with Crippen LogP contribution < -0.4 is 14.8 Å². The van der Waals surface area contributed by atoms with Gasteiger partial charge in [0.2, 0.25) is 6.10 Å². The van der Waals surface area contributed by atoms with E-state index in [0.717, 1.165) is 5.69 Å². The molecule has 3 aromatic rings. The van der Waals surface area contributed by atoms with Gasteiger partial charge >= 0.3 is 12.1 Å². The summed E-state index contributed by atoms with van der Waals surface area (Å²) in [5.74, 6) is -1.80. The van der Waals surface area contributed by atoms with E-state index in [-0.39, 0.29) is 19.1 Å². The molecule has 4 rings (SSSR count). The summed E-state index contributed by atoms with van der Waals surface area (Å²) in [6.45, 7) is 0.429. The minimum atomic E-state index is -5.08. The number of hydrogen-bond acceptors (Lipinski definition) is 7. The molecule has 1 amide bonds. The van der Waals surface area contributed by atoms with Crippen LogP contribution in [0.4, 0.5) is 13.2 Å². The van der Waals surface area contributed by atoms with E-state index in [0.29, 0.717) is 17.2 Å². The lowest BCUT2D eigenvalue weighted by Gasteiger charge is -2.25. The van der Waals surface area contributed by atoms with Gasteiger partial charge in [0.15, 0.2) is 11.5 Å². The Morgan fingerprint density at radius 2 is 1.81 bits per heavy atom. The molecule has 0 bridgehead atoms. The van der Waals surface area contributed by atoms with Crippen molar-refractivity contribution < 1.29 is 37.3 Å². The SMILES string of the molecule is O=C(NCc1cn(-c2ccncc2)nn1)C1COc2ccccc2O1.O=C(O)C(F)(F)F. The number of rotatable bonds is 4. The molecule has 2 aromatic heterocycles. The number of alkyl halides is 3. The molecule has 13 heteroatoms. The maximum Gasteiger partial charge on any atom is 0.490 e. The Balaban J connectivity index is 0.000000360. The van der Waals surface area contributed by atoms with Gasteiger partial charge in [-0.25, -0.2) is 9.48 Å². The van der Waals surface area contributed by atoms with E-state index in [4.69, 9.17) is 19.4 Å². The van der Waals surface area contributed by atoms with E-state index in [2.05, 4.69) is 20.6 Å². The van der Waals surface area contributed by atoms with Crippen LogP contribution in [0.5, 0.6) is 11.5 Å². The zero-order valence-electron chi connectivity index (χ0n) is 16.2. The largest absolute Gasteiger partial charge is 0.490 e. The number of fused-ring (bicyclic) bond motifs is 1. The lowest BCUT2D eigenvalue weighted by Crippen LogP contribution is -2.43. The van der Waals surface area contributed by atoms with Crippen molar-refractivity contribution in [2.75, 3.05) is 6.61 Å². The highest BCUT2D eigenvalue weighted by molar-refractivity contribution is 5.81. The van der Waals surface area contributed by atoms with Crippen LogP contribution in [0.3, 0.4) is 0 Å². The number of aliphatic carboxylic acids is 1. The maximum atomic E-state index is 12.3. The van der Waals surface area contributed by atoms with E-state index in [9.17, 15) is 18.0 Å². The van der Waals surface area contributed by atoms with Crippen LogP contribution in [0.15, 0.2) is 55.0 Å². The van der Waals surface area contributed by atoms with E-state index >= 15 is 0 Å². The number of carbonyl (C=O) groups is 2. The Hall–Kier alpha value is -4.16. The molecular formula is C19H16F3N5O5. The molecule has 32 heavy (non-hydrogen) atoms. The predicted octanol–water partition coefficient (Wildman–Crippen LogP) is 1.75. The monoisotopic (exact) mass is 451 g/mol. The third-order valence-corrected chi connectivity index (χ3v) is 3.96. The molecule has 0 saturated carbocycles. The van der Waals surface area contributed by atoms with Crippen LogP contribution in [-0.2, 0) is 16.1 Å². The Bertz CT molecular complexity index is 1070. The van der Waals surface area contributed by atoms with Gasteiger partial charge in [0, 0.05) is 12.4 Å². The molecule has 0 aliphatic carbocycles. The minimum absolute atomic E-state index is 0.173.